The van der Waals surface area contributed by atoms with Gasteiger partial charge in [0.2, 0.25) is 12.3 Å². The van der Waals surface area contributed by atoms with Crippen LogP contribution in [-0.2, 0) is 9.59 Å². The van der Waals surface area contributed by atoms with E-state index in [9.17, 15) is 14.0 Å². The van der Waals surface area contributed by atoms with Crippen molar-refractivity contribution in [1.29, 1.82) is 0 Å². The first-order chi connectivity index (χ1) is 18.4. The first-order valence-electron chi connectivity index (χ1n) is 13.9. The van der Waals surface area contributed by atoms with Crippen LogP contribution in [0.2, 0.25) is 10.0 Å². The average Bonchev–Trinajstić information content (AvgIpc) is 3.35. The Kier molecular flexibility index (Phi) is 14.7. The van der Waals surface area contributed by atoms with Gasteiger partial charge >= 0.3 is 0 Å². The monoisotopic (exact) mass is 565 g/mol. The number of rotatable bonds is 8. The van der Waals surface area contributed by atoms with E-state index >= 15 is 0 Å². The highest BCUT2D eigenvalue weighted by atomic mass is 35.5. The van der Waals surface area contributed by atoms with Gasteiger partial charge in [0.25, 0.3) is 0 Å². The van der Waals surface area contributed by atoms with E-state index in [0.29, 0.717) is 28.9 Å². The molecule has 2 fully saturated rings. The van der Waals surface area contributed by atoms with Crippen molar-refractivity contribution in [2.75, 3.05) is 11.9 Å². The van der Waals surface area contributed by atoms with Crippen molar-refractivity contribution < 1.29 is 14.0 Å². The summed E-state index contributed by atoms with van der Waals surface area (Å²) in [5.41, 5.74) is 1.12. The molecule has 3 unspecified atom stereocenters. The van der Waals surface area contributed by atoms with Crippen LogP contribution in [0.3, 0.4) is 0 Å². The number of carbonyl (C=O) groups excluding carboxylic acids is 2. The molecule has 0 bridgehead atoms. The molecule has 4 rings (SSSR count). The summed E-state index contributed by atoms with van der Waals surface area (Å²) in [5.74, 6) is -1.23. The van der Waals surface area contributed by atoms with E-state index in [2.05, 4.69) is 22.9 Å². The van der Waals surface area contributed by atoms with Crippen molar-refractivity contribution in [2.45, 2.75) is 90.1 Å². The maximum absolute atomic E-state index is 14.6. The third kappa shape index (κ3) is 9.55. The molecule has 1 aliphatic carbocycles. The minimum atomic E-state index is -0.442. The Labute approximate surface area is 237 Å². The second-order valence-corrected chi connectivity index (χ2v) is 10.4. The quantitative estimate of drug-likeness (QED) is 0.287. The second-order valence-electron chi connectivity index (χ2n) is 9.55. The van der Waals surface area contributed by atoms with E-state index in [0.717, 1.165) is 25.7 Å². The number of carbonyl (C=O) groups is 2. The number of hydrogen-bond donors (Lipinski definition) is 3. The van der Waals surface area contributed by atoms with Crippen molar-refractivity contribution in [1.82, 2.24) is 10.6 Å². The lowest BCUT2D eigenvalue weighted by molar-refractivity contribution is -0.120. The first kappa shape index (κ1) is 32.1. The SMILES string of the molecule is CC.CCCCC1NCC(c2cccc(Cl)c2F)C1C(=O)Nc1cccc(Cl)c1.O=CNC1CCCCC1. The van der Waals surface area contributed by atoms with E-state index in [4.69, 9.17) is 23.2 Å². The molecule has 1 saturated carbocycles. The molecule has 3 N–H and O–H groups in total. The number of halogens is 3. The minimum absolute atomic E-state index is 0.00693. The molecule has 2 aliphatic rings. The van der Waals surface area contributed by atoms with Gasteiger partial charge in [-0.2, -0.15) is 0 Å². The topological polar surface area (TPSA) is 70.2 Å². The van der Waals surface area contributed by atoms with Crippen LogP contribution in [0.15, 0.2) is 42.5 Å². The molecule has 1 saturated heterocycles. The zero-order valence-electron chi connectivity index (χ0n) is 22.7. The molecular formula is C30H42Cl2FN3O2. The maximum atomic E-state index is 14.6. The molecule has 1 heterocycles. The van der Waals surface area contributed by atoms with E-state index in [1.54, 1.807) is 36.4 Å². The van der Waals surface area contributed by atoms with Gasteiger partial charge in [-0.3, -0.25) is 9.59 Å². The Balaban J connectivity index is 0.000000387. The maximum Gasteiger partial charge on any atom is 0.229 e. The van der Waals surface area contributed by atoms with Gasteiger partial charge in [0.1, 0.15) is 5.82 Å². The Bertz CT molecular complexity index is 1000. The molecule has 0 radical (unpaired) electrons. The molecule has 1 aliphatic heterocycles. The number of hydrogen-bond acceptors (Lipinski definition) is 3. The van der Waals surface area contributed by atoms with Crippen LogP contribution in [0.25, 0.3) is 0 Å². The number of anilines is 1. The van der Waals surface area contributed by atoms with Crippen LogP contribution in [0.4, 0.5) is 10.1 Å². The minimum Gasteiger partial charge on any atom is -0.356 e. The van der Waals surface area contributed by atoms with Crippen molar-refractivity contribution in [3.05, 3.63) is 63.9 Å². The van der Waals surface area contributed by atoms with Gasteiger partial charge in [0, 0.05) is 35.3 Å². The van der Waals surface area contributed by atoms with Gasteiger partial charge in [-0.1, -0.05) is 94.3 Å². The van der Waals surface area contributed by atoms with Crippen molar-refractivity contribution >= 4 is 41.2 Å². The Morgan fingerprint density at radius 3 is 2.47 bits per heavy atom. The molecule has 3 atom stereocenters. The van der Waals surface area contributed by atoms with E-state index in [1.807, 2.05) is 13.8 Å². The van der Waals surface area contributed by atoms with Crippen molar-refractivity contribution in [3.63, 3.8) is 0 Å². The number of amides is 2. The first-order valence-corrected chi connectivity index (χ1v) is 14.6. The Morgan fingerprint density at radius 2 is 1.82 bits per heavy atom. The third-order valence-electron chi connectivity index (χ3n) is 7.02. The van der Waals surface area contributed by atoms with Crippen LogP contribution in [0.1, 0.15) is 83.6 Å². The van der Waals surface area contributed by atoms with Gasteiger partial charge in [0.05, 0.1) is 10.9 Å². The van der Waals surface area contributed by atoms with Crippen LogP contribution in [0.5, 0.6) is 0 Å². The lowest BCUT2D eigenvalue weighted by Crippen LogP contribution is -2.36. The molecule has 38 heavy (non-hydrogen) atoms. The Morgan fingerprint density at radius 1 is 1.11 bits per heavy atom. The smallest absolute Gasteiger partial charge is 0.229 e. The molecule has 0 spiro atoms. The standard InChI is InChI=1S/C21H23Cl2FN2O.C7H13NO.C2H6/c1-2-3-10-18-19(21(27)26-14-7-4-6-13(22)11-14)16(12-25-18)15-8-5-9-17(23)20(15)24;9-6-8-7-4-2-1-3-5-7;1-2/h4-9,11,16,18-19,25H,2-3,10,12H2,1H3,(H,26,27);6-7H,1-5H2,(H,8,9);1-2H3. The molecule has 2 aromatic rings. The van der Waals surface area contributed by atoms with Crippen LogP contribution < -0.4 is 16.0 Å². The molecule has 2 aromatic carbocycles. The van der Waals surface area contributed by atoms with Gasteiger partial charge in [-0.05, 0) is 49.1 Å². The van der Waals surface area contributed by atoms with Gasteiger partial charge < -0.3 is 16.0 Å². The molecular weight excluding hydrogens is 524 g/mol. The van der Waals surface area contributed by atoms with Crippen molar-refractivity contribution in [2.24, 2.45) is 5.92 Å². The predicted octanol–water partition coefficient (Wildman–Crippen LogP) is 7.72. The summed E-state index contributed by atoms with van der Waals surface area (Å²) >= 11 is 12.0. The normalized spacial score (nSPS) is 20.8. The molecule has 0 aromatic heterocycles. The summed E-state index contributed by atoms with van der Waals surface area (Å²) in [6, 6.07) is 12.5. The van der Waals surface area contributed by atoms with Gasteiger partial charge in [-0.25, -0.2) is 4.39 Å². The third-order valence-corrected chi connectivity index (χ3v) is 7.55. The van der Waals surface area contributed by atoms with E-state index in [-0.39, 0.29) is 28.8 Å². The number of unbranched alkanes of at least 4 members (excludes halogenated alkanes) is 1. The highest BCUT2D eigenvalue weighted by Gasteiger charge is 2.42. The zero-order chi connectivity index (χ0) is 27.9. The Hall–Kier alpha value is -2.15. The second kappa shape index (κ2) is 17.4. The fraction of sp³-hybridized carbons (Fsp3) is 0.533. The summed E-state index contributed by atoms with van der Waals surface area (Å²) in [7, 11) is 0. The summed E-state index contributed by atoms with van der Waals surface area (Å²) in [4.78, 5) is 23.1. The fourth-order valence-electron chi connectivity index (χ4n) is 5.15. The summed E-state index contributed by atoms with van der Waals surface area (Å²) in [5, 5.41) is 9.80. The summed E-state index contributed by atoms with van der Waals surface area (Å²) in [6.45, 7) is 6.66. The number of benzene rings is 2. The van der Waals surface area contributed by atoms with Gasteiger partial charge in [0.15, 0.2) is 0 Å². The van der Waals surface area contributed by atoms with Crippen LogP contribution in [-0.4, -0.2) is 30.9 Å². The zero-order valence-corrected chi connectivity index (χ0v) is 24.3. The largest absolute Gasteiger partial charge is 0.356 e. The summed E-state index contributed by atoms with van der Waals surface area (Å²) < 4.78 is 14.6. The number of nitrogens with one attached hydrogen (secondary N) is 3. The highest BCUT2D eigenvalue weighted by Crippen LogP contribution is 2.37. The summed E-state index contributed by atoms with van der Waals surface area (Å²) in [6.07, 6.45) is 9.99. The van der Waals surface area contributed by atoms with Crippen LogP contribution in [0, 0.1) is 11.7 Å². The van der Waals surface area contributed by atoms with Gasteiger partial charge in [-0.15, -0.1) is 0 Å². The van der Waals surface area contributed by atoms with Crippen molar-refractivity contribution in [3.8, 4) is 0 Å². The lowest BCUT2D eigenvalue weighted by Gasteiger charge is -2.24. The van der Waals surface area contributed by atoms with E-state index in [1.165, 1.54) is 38.2 Å². The fourth-order valence-corrected chi connectivity index (χ4v) is 5.52. The molecule has 210 valence electrons. The van der Waals surface area contributed by atoms with Crippen LogP contribution >= 0.6 is 23.2 Å². The average molecular weight is 567 g/mol. The molecule has 2 amide bonds. The lowest BCUT2D eigenvalue weighted by atomic mass is 9.82. The molecule has 5 nitrogen and oxygen atoms in total. The predicted molar refractivity (Wildman–Crippen MR) is 156 cm³/mol. The highest BCUT2D eigenvalue weighted by molar-refractivity contribution is 6.31. The molecule has 8 heteroatoms. The van der Waals surface area contributed by atoms with E-state index < -0.39 is 5.82 Å².